The van der Waals surface area contributed by atoms with Crippen molar-refractivity contribution in [1.82, 2.24) is 0 Å². The number of benzene rings is 2. The Balaban J connectivity index is 1.97. The van der Waals surface area contributed by atoms with Crippen LogP contribution >= 0.6 is 0 Å². The van der Waals surface area contributed by atoms with Crippen molar-refractivity contribution in [3.8, 4) is 0 Å². The molecule has 2 aromatic carbocycles. The highest BCUT2D eigenvalue weighted by Crippen LogP contribution is 2.29. The lowest BCUT2D eigenvalue weighted by Crippen LogP contribution is -2.30. The molecule has 1 amide bonds. The Morgan fingerprint density at radius 2 is 1.92 bits per heavy atom. The van der Waals surface area contributed by atoms with Crippen molar-refractivity contribution < 1.29 is 9.18 Å². The Hall–Kier alpha value is -3.08. The highest BCUT2D eigenvalue weighted by Gasteiger charge is 2.33. The topological polar surface area (TPSA) is 45.0 Å². The maximum absolute atomic E-state index is 13.0. The molecule has 1 aliphatic rings. The molecular formula is C19H16FN3O. The molecule has 0 aromatic heterocycles. The Labute approximate surface area is 139 Å². The van der Waals surface area contributed by atoms with Gasteiger partial charge in [0.15, 0.2) is 5.71 Å². The van der Waals surface area contributed by atoms with E-state index in [0.717, 1.165) is 16.8 Å². The van der Waals surface area contributed by atoms with Crippen LogP contribution in [0, 0.1) is 5.82 Å². The SMILES string of the molecule is C=CCN1C(=O)/C(=N\N=C(\C)c2ccc(F)cc2)c2ccccc21. The van der Waals surface area contributed by atoms with E-state index in [2.05, 4.69) is 16.8 Å². The quantitative estimate of drug-likeness (QED) is 0.482. The number of rotatable bonds is 4. The van der Waals surface area contributed by atoms with Crippen molar-refractivity contribution >= 4 is 23.0 Å². The molecule has 0 saturated carbocycles. The van der Waals surface area contributed by atoms with Gasteiger partial charge in [0, 0.05) is 12.1 Å². The van der Waals surface area contributed by atoms with Crippen molar-refractivity contribution in [2.24, 2.45) is 10.2 Å². The molecule has 4 nitrogen and oxygen atoms in total. The summed E-state index contributed by atoms with van der Waals surface area (Å²) < 4.78 is 13.0. The van der Waals surface area contributed by atoms with Crippen LogP contribution in [0.4, 0.5) is 10.1 Å². The predicted molar refractivity (Wildman–Crippen MR) is 94.1 cm³/mol. The molecule has 0 unspecified atom stereocenters. The molecule has 0 saturated heterocycles. The lowest BCUT2D eigenvalue weighted by molar-refractivity contribution is -0.112. The van der Waals surface area contributed by atoms with E-state index in [0.29, 0.717) is 18.0 Å². The van der Waals surface area contributed by atoms with Crippen molar-refractivity contribution in [3.63, 3.8) is 0 Å². The van der Waals surface area contributed by atoms with Gasteiger partial charge in [0.1, 0.15) is 5.82 Å². The molecule has 0 fully saturated rings. The van der Waals surface area contributed by atoms with Gasteiger partial charge in [0.25, 0.3) is 5.91 Å². The van der Waals surface area contributed by atoms with E-state index >= 15 is 0 Å². The minimum Gasteiger partial charge on any atom is -0.302 e. The standard InChI is InChI=1S/C19H16FN3O/c1-3-12-23-17-7-5-4-6-16(17)18(19(23)24)22-21-13(2)14-8-10-15(20)11-9-14/h3-11H,1,12H2,2H3/b21-13-,22-18-. The fourth-order valence-electron chi connectivity index (χ4n) is 2.54. The number of nitrogens with zero attached hydrogens (tertiary/aromatic N) is 3. The maximum Gasteiger partial charge on any atom is 0.279 e. The molecule has 0 radical (unpaired) electrons. The van der Waals surface area contributed by atoms with Crippen LogP contribution in [-0.2, 0) is 4.79 Å². The Bertz CT molecular complexity index is 853. The molecule has 24 heavy (non-hydrogen) atoms. The normalized spacial score (nSPS) is 15.8. The first-order chi connectivity index (χ1) is 11.6. The summed E-state index contributed by atoms with van der Waals surface area (Å²) in [6.45, 7) is 5.87. The van der Waals surface area contributed by atoms with Gasteiger partial charge in [-0.05, 0) is 30.7 Å². The summed E-state index contributed by atoms with van der Waals surface area (Å²) in [6.07, 6.45) is 1.67. The van der Waals surface area contributed by atoms with Gasteiger partial charge in [-0.3, -0.25) is 4.79 Å². The first-order valence-corrected chi connectivity index (χ1v) is 7.52. The molecule has 120 valence electrons. The minimum absolute atomic E-state index is 0.202. The van der Waals surface area contributed by atoms with Crippen LogP contribution in [-0.4, -0.2) is 23.9 Å². The molecule has 0 N–H and O–H groups in total. The van der Waals surface area contributed by atoms with Crippen LogP contribution in [0.1, 0.15) is 18.1 Å². The van der Waals surface area contributed by atoms with E-state index in [1.807, 2.05) is 24.3 Å². The first-order valence-electron chi connectivity index (χ1n) is 7.52. The molecule has 0 spiro atoms. The molecule has 3 rings (SSSR count). The zero-order valence-electron chi connectivity index (χ0n) is 13.2. The fourth-order valence-corrected chi connectivity index (χ4v) is 2.54. The second-order valence-corrected chi connectivity index (χ2v) is 5.36. The smallest absolute Gasteiger partial charge is 0.279 e. The van der Waals surface area contributed by atoms with Crippen LogP contribution in [0.3, 0.4) is 0 Å². The third-order valence-electron chi connectivity index (χ3n) is 3.77. The van der Waals surface area contributed by atoms with Gasteiger partial charge in [0.2, 0.25) is 0 Å². The number of halogens is 1. The zero-order valence-corrected chi connectivity index (χ0v) is 13.2. The molecule has 2 aromatic rings. The third-order valence-corrected chi connectivity index (χ3v) is 3.77. The number of hydrogen-bond acceptors (Lipinski definition) is 3. The molecule has 1 aliphatic heterocycles. The summed E-state index contributed by atoms with van der Waals surface area (Å²) in [5.74, 6) is -0.510. The fraction of sp³-hybridized carbons (Fsp3) is 0.105. The van der Waals surface area contributed by atoms with Crippen LogP contribution in [0.25, 0.3) is 0 Å². The van der Waals surface area contributed by atoms with Gasteiger partial charge in [-0.15, -0.1) is 11.7 Å². The van der Waals surface area contributed by atoms with Gasteiger partial charge >= 0.3 is 0 Å². The lowest BCUT2D eigenvalue weighted by Gasteiger charge is -2.13. The van der Waals surface area contributed by atoms with Gasteiger partial charge in [0.05, 0.1) is 11.4 Å². The Morgan fingerprint density at radius 3 is 2.62 bits per heavy atom. The van der Waals surface area contributed by atoms with Crippen molar-refractivity contribution in [2.75, 3.05) is 11.4 Å². The first kappa shape index (κ1) is 15.8. The number of carbonyl (C=O) groups is 1. The number of para-hydroxylation sites is 1. The summed E-state index contributed by atoms with van der Waals surface area (Å²) in [5.41, 5.74) is 3.21. The van der Waals surface area contributed by atoms with Crippen molar-refractivity contribution in [2.45, 2.75) is 6.92 Å². The second-order valence-electron chi connectivity index (χ2n) is 5.36. The maximum atomic E-state index is 13.0. The summed E-state index contributed by atoms with van der Waals surface area (Å²) >= 11 is 0. The van der Waals surface area contributed by atoms with Crippen LogP contribution in [0.5, 0.6) is 0 Å². The minimum atomic E-state index is -0.308. The second kappa shape index (κ2) is 6.58. The number of amides is 1. The number of carbonyl (C=O) groups excluding carboxylic acids is 1. The van der Waals surface area contributed by atoms with E-state index in [1.165, 1.54) is 12.1 Å². The molecule has 1 heterocycles. The molecule has 0 aliphatic carbocycles. The highest BCUT2D eigenvalue weighted by molar-refractivity contribution is 6.54. The predicted octanol–water partition coefficient (Wildman–Crippen LogP) is 3.57. The zero-order chi connectivity index (χ0) is 17.1. The monoisotopic (exact) mass is 321 g/mol. The van der Waals surface area contributed by atoms with E-state index in [1.54, 1.807) is 30.0 Å². The van der Waals surface area contributed by atoms with Gasteiger partial charge < -0.3 is 4.90 Å². The highest BCUT2D eigenvalue weighted by atomic mass is 19.1. The van der Waals surface area contributed by atoms with E-state index in [-0.39, 0.29) is 11.7 Å². The number of hydrogen-bond donors (Lipinski definition) is 0. The van der Waals surface area contributed by atoms with E-state index < -0.39 is 0 Å². The Morgan fingerprint density at radius 1 is 1.21 bits per heavy atom. The lowest BCUT2D eigenvalue weighted by atomic mass is 10.1. The Kier molecular flexibility index (Phi) is 4.33. The average Bonchev–Trinajstić information content (AvgIpc) is 2.86. The van der Waals surface area contributed by atoms with Crippen LogP contribution in [0.15, 0.2) is 71.4 Å². The molecular weight excluding hydrogens is 305 g/mol. The summed E-state index contributed by atoms with van der Waals surface area (Å²) in [6, 6.07) is 13.4. The largest absolute Gasteiger partial charge is 0.302 e. The summed E-state index contributed by atoms with van der Waals surface area (Å²) in [4.78, 5) is 14.2. The molecule has 0 atom stereocenters. The average molecular weight is 321 g/mol. The molecule has 0 bridgehead atoms. The van der Waals surface area contributed by atoms with Crippen molar-refractivity contribution in [3.05, 3.63) is 78.1 Å². The number of fused-ring (bicyclic) bond motifs is 1. The van der Waals surface area contributed by atoms with Gasteiger partial charge in [-0.1, -0.05) is 36.4 Å². The van der Waals surface area contributed by atoms with E-state index in [4.69, 9.17) is 0 Å². The van der Waals surface area contributed by atoms with Gasteiger partial charge in [-0.25, -0.2) is 4.39 Å². The third kappa shape index (κ3) is 2.88. The van der Waals surface area contributed by atoms with Gasteiger partial charge in [-0.2, -0.15) is 5.10 Å². The molecule has 5 heteroatoms. The van der Waals surface area contributed by atoms with Crippen molar-refractivity contribution in [1.29, 1.82) is 0 Å². The van der Waals surface area contributed by atoms with Crippen LogP contribution < -0.4 is 4.90 Å². The van der Waals surface area contributed by atoms with Crippen LogP contribution in [0.2, 0.25) is 0 Å². The van der Waals surface area contributed by atoms with E-state index in [9.17, 15) is 9.18 Å². The number of anilines is 1. The summed E-state index contributed by atoms with van der Waals surface area (Å²) in [7, 11) is 0. The summed E-state index contributed by atoms with van der Waals surface area (Å²) in [5, 5.41) is 8.32.